The van der Waals surface area contributed by atoms with Crippen LogP contribution in [0.4, 0.5) is 0 Å². The van der Waals surface area contributed by atoms with E-state index in [1.165, 1.54) is 17.5 Å². The second kappa shape index (κ2) is 11.8. The number of nitrogens with one attached hydrogen (secondary N) is 1. The molecule has 6 nitrogen and oxygen atoms in total. The standard InChI is InChI=1S/C20H32N4O2.HI/c1-3-25-16-18-7-5-4-6-17(18)14-22-20(21-2)24-9-8-19(15-24)23-10-12-26-13-11-23;/h4-7,19H,3,8-16H2,1-2H3,(H,21,22);1H. The van der Waals surface area contributed by atoms with E-state index in [2.05, 4.69) is 44.4 Å². The SMILES string of the molecule is CCOCc1ccccc1CNC(=NC)N1CCC(N2CCOCC2)C1.I. The number of hydrogen-bond donors (Lipinski definition) is 1. The van der Waals surface area contributed by atoms with E-state index < -0.39 is 0 Å². The number of halogens is 1. The summed E-state index contributed by atoms with van der Waals surface area (Å²) < 4.78 is 11.1. The Labute approximate surface area is 180 Å². The molecule has 2 fully saturated rings. The van der Waals surface area contributed by atoms with E-state index >= 15 is 0 Å². The third kappa shape index (κ3) is 6.30. The Morgan fingerprint density at radius 2 is 1.96 bits per heavy atom. The van der Waals surface area contributed by atoms with Crippen LogP contribution < -0.4 is 5.32 Å². The van der Waals surface area contributed by atoms with Gasteiger partial charge in [-0.05, 0) is 24.5 Å². The highest BCUT2D eigenvalue weighted by molar-refractivity contribution is 14.0. The summed E-state index contributed by atoms with van der Waals surface area (Å²) in [4.78, 5) is 9.46. The molecule has 3 rings (SSSR count). The smallest absolute Gasteiger partial charge is 0.193 e. The number of nitrogens with zero attached hydrogens (tertiary/aromatic N) is 3. The summed E-state index contributed by atoms with van der Waals surface area (Å²) >= 11 is 0. The Bertz CT molecular complexity index is 593. The van der Waals surface area contributed by atoms with Gasteiger partial charge in [0.15, 0.2) is 5.96 Å². The van der Waals surface area contributed by atoms with Gasteiger partial charge in [0.1, 0.15) is 0 Å². The van der Waals surface area contributed by atoms with Gasteiger partial charge in [0, 0.05) is 52.4 Å². The number of benzene rings is 1. The second-order valence-electron chi connectivity index (χ2n) is 6.84. The molecule has 0 aromatic heterocycles. The van der Waals surface area contributed by atoms with Crippen molar-refractivity contribution in [2.75, 3.05) is 53.0 Å². The van der Waals surface area contributed by atoms with Gasteiger partial charge in [-0.25, -0.2) is 0 Å². The second-order valence-corrected chi connectivity index (χ2v) is 6.84. The molecule has 1 N–H and O–H groups in total. The predicted molar refractivity (Wildman–Crippen MR) is 120 cm³/mol. The first-order chi connectivity index (χ1) is 12.8. The molecule has 152 valence electrons. The number of morpholine rings is 1. The van der Waals surface area contributed by atoms with Crippen LogP contribution >= 0.6 is 24.0 Å². The van der Waals surface area contributed by atoms with E-state index in [9.17, 15) is 0 Å². The van der Waals surface area contributed by atoms with Gasteiger partial charge >= 0.3 is 0 Å². The topological polar surface area (TPSA) is 49.3 Å². The van der Waals surface area contributed by atoms with Gasteiger partial charge in [-0.1, -0.05) is 24.3 Å². The fourth-order valence-electron chi connectivity index (χ4n) is 3.76. The monoisotopic (exact) mass is 488 g/mol. The van der Waals surface area contributed by atoms with E-state index in [4.69, 9.17) is 9.47 Å². The van der Waals surface area contributed by atoms with Gasteiger partial charge in [-0.3, -0.25) is 9.89 Å². The zero-order valence-electron chi connectivity index (χ0n) is 16.5. The number of likely N-dealkylation sites (tertiary alicyclic amines) is 1. The molecule has 0 amide bonds. The van der Waals surface area contributed by atoms with Gasteiger partial charge in [-0.2, -0.15) is 0 Å². The highest BCUT2D eigenvalue weighted by Gasteiger charge is 2.30. The van der Waals surface area contributed by atoms with Crippen LogP contribution in [0.1, 0.15) is 24.5 Å². The van der Waals surface area contributed by atoms with Crippen LogP contribution in [0.2, 0.25) is 0 Å². The Hall–Kier alpha value is -0.900. The molecule has 7 heteroatoms. The molecule has 0 radical (unpaired) electrons. The first kappa shape index (κ1) is 22.4. The third-order valence-corrected chi connectivity index (χ3v) is 5.25. The van der Waals surface area contributed by atoms with Crippen molar-refractivity contribution >= 4 is 29.9 Å². The first-order valence-electron chi connectivity index (χ1n) is 9.73. The average Bonchev–Trinajstić information content (AvgIpc) is 3.18. The van der Waals surface area contributed by atoms with E-state index in [1.807, 2.05) is 14.0 Å². The molecule has 1 atom stereocenters. The molecule has 0 aliphatic carbocycles. The quantitative estimate of drug-likeness (QED) is 0.379. The van der Waals surface area contributed by atoms with Crippen molar-refractivity contribution in [3.05, 3.63) is 35.4 Å². The van der Waals surface area contributed by atoms with Crippen LogP contribution in [0.25, 0.3) is 0 Å². The molecule has 0 bridgehead atoms. The van der Waals surface area contributed by atoms with Gasteiger partial charge in [0.2, 0.25) is 0 Å². The summed E-state index contributed by atoms with van der Waals surface area (Å²) in [5, 5.41) is 3.55. The highest BCUT2D eigenvalue weighted by Crippen LogP contribution is 2.17. The largest absolute Gasteiger partial charge is 0.379 e. The number of guanidine groups is 1. The molecule has 2 saturated heterocycles. The Kier molecular flexibility index (Phi) is 9.81. The van der Waals surface area contributed by atoms with Crippen molar-refractivity contribution in [2.24, 2.45) is 4.99 Å². The van der Waals surface area contributed by atoms with Crippen LogP contribution in [0, 0.1) is 0 Å². The third-order valence-electron chi connectivity index (χ3n) is 5.25. The summed E-state index contributed by atoms with van der Waals surface area (Å²) in [5.74, 6) is 0.993. The molecule has 2 heterocycles. The number of rotatable bonds is 6. The van der Waals surface area contributed by atoms with E-state index in [1.54, 1.807) is 0 Å². The van der Waals surface area contributed by atoms with Crippen LogP contribution in [-0.4, -0.2) is 74.8 Å². The minimum absolute atomic E-state index is 0. The Balaban J connectivity index is 0.00000261. The summed E-state index contributed by atoms with van der Waals surface area (Å²) in [7, 11) is 1.87. The Morgan fingerprint density at radius 1 is 1.22 bits per heavy atom. The lowest BCUT2D eigenvalue weighted by molar-refractivity contribution is 0.0195. The number of ether oxygens (including phenoxy) is 2. The van der Waals surface area contributed by atoms with Crippen molar-refractivity contribution in [3.63, 3.8) is 0 Å². The fraction of sp³-hybridized carbons (Fsp3) is 0.650. The number of hydrogen-bond acceptors (Lipinski definition) is 4. The molecular formula is C20H33IN4O2. The van der Waals surface area contributed by atoms with E-state index in [0.717, 1.165) is 58.5 Å². The van der Waals surface area contributed by atoms with Gasteiger partial charge in [-0.15, -0.1) is 24.0 Å². The van der Waals surface area contributed by atoms with Crippen molar-refractivity contribution in [3.8, 4) is 0 Å². The van der Waals surface area contributed by atoms with Crippen molar-refractivity contribution in [1.29, 1.82) is 0 Å². The lowest BCUT2D eigenvalue weighted by Gasteiger charge is -2.32. The van der Waals surface area contributed by atoms with Crippen molar-refractivity contribution in [1.82, 2.24) is 15.1 Å². The minimum Gasteiger partial charge on any atom is -0.379 e. The van der Waals surface area contributed by atoms with Crippen LogP contribution in [-0.2, 0) is 22.6 Å². The molecule has 1 aromatic rings. The van der Waals surface area contributed by atoms with Crippen LogP contribution in [0.15, 0.2) is 29.3 Å². The summed E-state index contributed by atoms with van der Waals surface area (Å²) in [6, 6.07) is 9.07. The predicted octanol–water partition coefficient (Wildman–Crippen LogP) is 2.32. The molecule has 1 unspecified atom stereocenters. The van der Waals surface area contributed by atoms with Gasteiger partial charge < -0.3 is 19.7 Å². The van der Waals surface area contributed by atoms with Crippen molar-refractivity contribution < 1.29 is 9.47 Å². The fourth-order valence-corrected chi connectivity index (χ4v) is 3.76. The summed E-state index contributed by atoms with van der Waals surface area (Å²) in [6.07, 6.45) is 1.20. The average molecular weight is 488 g/mol. The van der Waals surface area contributed by atoms with Crippen LogP contribution in [0.3, 0.4) is 0 Å². The normalized spacial score (nSPS) is 21.2. The maximum atomic E-state index is 5.59. The Morgan fingerprint density at radius 3 is 2.67 bits per heavy atom. The summed E-state index contributed by atoms with van der Waals surface area (Å²) in [6.45, 7) is 10.1. The molecule has 27 heavy (non-hydrogen) atoms. The molecule has 0 spiro atoms. The number of aliphatic imine (C=N–C) groups is 1. The minimum atomic E-state index is 0. The summed E-state index contributed by atoms with van der Waals surface area (Å²) in [5.41, 5.74) is 2.51. The lowest BCUT2D eigenvalue weighted by Crippen LogP contribution is -2.46. The molecule has 0 saturated carbocycles. The maximum Gasteiger partial charge on any atom is 0.193 e. The maximum absolute atomic E-state index is 5.59. The molecule has 2 aliphatic heterocycles. The van der Waals surface area contributed by atoms with E-state index in [-0.39, 0.29) is 24.0 Å². The molecular weight excluding hydrogens is 455 g/mol. The first-order valence-corrected chi connectivity index (χ1v) is 9.73. The van der Waals surface area contributed by atoms with Crippen molar-refractivity contribution in [2.45, 2.75) is 32.5 Å². The van der Waals surface area contributed by atoms with Gasteiger partial charge in [0.25, 0.3) is 0 Å². The van der Waals surface area contributed by atoms with E-state index in [0.29, 0.717) is 12.6 Å². The van der Waals surface area contributed by atoms with Crippen LogP contribution in [0.5, 0.6) is 0 Å². The lowest BCUT2D eigenvalue weighted by atomic mass is 10.1. The zero-order chi connectivity index (χ0) is 18.2. The molecule has 2 aliphatic rings. The van der Waals surface area contributed by atoms with Gasteiger partial charge in [0.05, 0.1) is 19.8 Å². The molecule has 1 aromatic carbocycles. The highest BCUT2D eigenvalue weighted by atomic mass is 127. The zero-order valence-corrected chi connectivity index (χ0v) is 18.9.